The summed E-state index contributed by atoms with van der Waals surface area (Å²) >= 11 is 0.548. The largest absolute Gasteiger partial charge is 1.00 e. The van der Waals surface area contributed by atoms with Crippen molar-refractivity contribution >= 4 is 33.0 Å². The molecule has 0 radical (unpaired) electrons. The smallest absolute Gasteiger partial charge is 0.768 e. The predicted octanol–water partition coefficient (Wildman–Crippen LogP) is -5.94. The molecule has 0 aliphatic carbocycles. The molecule has 0 aliphatic heterocycles. The Balaban J connectivity index is 0. The van der Waals surface area contributed by atoms with Gasteiger partial charge in [-0.25, -0.2) is 0 Å². The van der Waals surface area contributed by atoms with E-state index in [9.17, 15) is 18.7 Å². The minimum atomic E-state index is -2.44. The maximum Gasteiger partial charge on any atom is 1.00 e. The predicted molar refractivity (Wildman–Crippen MR) is 45.7 cm³/mol. The van der Waals surface area contributed by atoms with E-state index in [0.717, 1.165) is 6.07 Å². The maximum absolute atomic E-state index is 10.5. The Morgan fingerprint density at radius 2 is 1.80 bits per heavy atom. The third kappa shape index (κ3) is 5.95. The van der Waals surface area contributed by atoms with Crippen LogP contribution in [0, 0.1) is 0 Å². The summed E-state index contributed by atoms with van der Waals surface area (Å²) in [4.78, 5) is 10.3. The van der Waals surface area contributed by atoms with Gasteiger partial charge in [0, 0.05) is 9.37 Å². The van der Waals surface area contributed by atoms with E-state index in [4.69, 9.17) is 0 Å². The monoisotopic (exact) mass is 308 g/mol. The van der Waals surface area contributed by atoms with Crippen LogP contribution >= 0.6 is 15.9 Å². The first-order valence-electron chi connectivity index (χ1n) is 3.12. The molecule has 0 heterocycles. The van der Waals surface area contributed by atoms with Gasteiger partial charge in [0.1, 0.15) is 0 Å². The van der Waals surface area contributed by atoms with E-state index in [1.165, 1.54) is 12.1 Å². The molecule has 1 unspecified atom stereocenters. The van der Waals surface area contributed by atoms with Gasteiger partial charge in [0.15, 0.2) is 0 Å². The standard InChI is InChI=1S/C7H5BrO4S.2Na/c8-5-1-4(7(9)10)2-6(3-5)13(11)12;;/h1-3H,(H,9,10)(H,11,12);;/q;2*+1/p-2. The van der Waals surface area contributed by atoms with Crippen LogP contribution in [0.25, 0.3) is 0 Å². The van der Waals surface area contributed by atoms with Crippen molar-refractivity contribution in [2.24, 2.45) is 0 Å². The Morgan fingerprint density at radius 3 is 2.20 bits per heavy atom. The van der Waals surface area contributed by atoms with Gasteiger partial charge in [-0.3, -0.25) is 4.21 Å². The van der Waals surface area contributed by atoms with Gasteiger partial charge in [-0.1, -0.05) is 15.9 Å². The first kappa shape index (κ1) is 18.6. The van der Waals surface area contributed by atoms with Gasteiger partial charge in [-0.05, 0) is 34.8 Å². The number of halogens is 1. The topological polar surface area (TPSA) is 80.3 Å². The summed E-state index contributed by atoms with van der Waals surface area (Å²) in [6.07, 6.45) is 0. The van der Waals surface area contributed by atoms with Crippen molar-refractivity contribution in [2.45, 2.75) is 4.90 Å². The van der Waals surface area contributed by atoms with Crippen molar-refractivity contribution in [3.05, 3.63) is 28.2 Å². The Bertz CT molecular complexity index is 353. The third-order valence-corrected chi connectivity index (χ3v) is 2.38. The maximum atomic E-state index is 10.5. The van der Waals surface area contributed by atoms with Crippen LogP contribution in [-0.2, 0) is 11.1 Å². The minimum Gasteiger partial charge on any atom is -0.768 e. The summed E-state index contributed by atoms with van der Waals surface area (Å²) in [5, 5.41) is 10.4. The quantitative estimate of drug-likeness (QED) is 0.402. The van der Waals surface area contributed by atoms with Crippen LogP contribution in [0.1, 0.15) is 10.4 Å². The summed E-state index contributed by atoms with van der Waals surface area (Å²) < 4.78 is 21.4. The molecule has 0 spiro atoms. The molecule has 15 heavy (non-hydrogen) atoms. The second kappa shape index (κ2) is 8.38. The molecule has 0 N–H and O–H groups in total. The van der Waals surface area contributed by atoms with E-state index in [-0.39, 0.29) is 69.6 Å². The molecule has 1 rings (SSSR count). The third-order valence-electron chi connectivity index (χ3n) is 1.30. The molecule has 0 bridgehead atoms. The molecule has 8 heteroatoms. The molecule has 0 saturated heterocycles. The minimum absolute atomic E-state index is 0. The molecule has 0 fully saturated rings. The van der Waals surface area contributed by atoms with E-state index in [0.29, 0.717) is 4.47 Å². The van der Waals surface area contributed by atoms with Crippen molar-refractivity contribution < 1.29 is 77.8 Å². The number of hydrogen-bond acceptors (Lipinski definition) is 4. The molecule has 1 aromatic rings. The fraction of sp³-hybridized carbons (Fsp3) is 0. The number of carboxylic acids is 1. The van der Waals surface area contributed by atoms with Gasteiger partial charge in [0.25, 0.3) is 0 Å². The summed E-state index contributed by atoms with van der Waals surface area (Å²) in [6, 6.07) is 3.60. The van der Waals surface area contributed by atoms with Gasteiger partial charge in [-0.15, -0.1) is 0 Å². The van der Waals surface area contributed by atoms with Gasteiger partial charge in [-0.2, -0.15) is 0 Å². The van der Waals surface area contributed by atoms with Crippen molar-refractivity contribution in [2.75, 3.05) is 0 Å². The summed E-state index contributed by atoms with van der Waals surface area (Å²) in [7, 11) is 0. The zero-order chi connectivity index (χ0) is 10.0. The second-order valence-corrected chi connectivity index (χ2v) is 4.05. The van der Waals surface area contributed by atoms with E-state index in [1.807, 2.05) is 0 Å². The molecule has 1 atom stereocenters. The van der Waals surface area contributed by atoms with E-state index in [2.05, 4.69) is 15.9 Å². The fourth-order valence-electron chi connectivity index (χ4n) is 0.777. The molecule has 0 aromatic heterocycles. The van der Waals surface area contributed by atoms with Crippen LogP contribution in [0.3, 0.4) is 0 Å². The first-order chi connectivity index (χ1) is 6.00. The van der Waals surface area contributed by atoms with E-state index in [1.54, 1.807) is 0 Å². The van der Waals surface area contributed by atoms with Crippen molar-refractivity contribution in [3.8, 4) is 0 Å². The Hall–Kier alpha value is 1.28. The number of carboxylic acid groups (broad SMARTS) is 1. The Kier molecular flexibility index (Phi) is 10.4. The molecular weight excluding hydrogens is 306 g/mol. The summed E-state index contributed by atoms with van der Waals surface area (Å²) in [5.74, 6) is -1.41. The zero-order valence-electron chi connectivity index (χ0n) is 8.15. The number of aromatic carboxylic acids is 1. The van der Waals surface area contributed by atoms with E-state index < -0.39 is 17.0 Å². The number of hydrogen-bond donors (Lipinski definition) is 0. The number of carbonyl (C=O) groups excluding carboxylic acids is 1. The second-order valence-electron chi connectivity index (χ2n) is 2.20. The Morgan fingerprint density at radius 1 is 1.27 bits per heavy atom. The van der Waals surface area contributed by atoms with Crippen LogP contribution < -0.4 is 64.2 Å². The zero-order valence-corrected chi connectivity index (χ0v) is 14.6. The van der Waals surface area contributed by atoms with Crippen molar-refractivity contribution in [1.82, 2.24) is 0 Å². The number of rotatable bonds is 2. The van der Waals surface area contributed by atoms with Crippen LogP contribution in [0.2, 0.25) is 0 Å². The molecule has 70 valence electrons. The van der Waals surface area contributed by atoms with Crippen LogP contribution in [0.15, 0.2) is 27.6 Å². The fourth-order valence-corrected chi connectivity index (χ4v) is 1.87. The van der Waals surface area contributed by atoms with Gasteiger partial charge in [0.2, 0.25) is 0 Å². The first-order valence-corrected chi connectivity index (χ1v) is 4.98. The SMILES string of the molecule is O=C([O-])c1cc(Br)cc(S(=O)[O-])c1.[Na+].[Na+]. The average molecular weight is 309 g/mol. The van der Waals surface area contributed by atoms with Gasteiger partial charge in [0.05, 0.1) is 5.97 Å². The summed E-state index contributed by atoms with van der Waals surface area (Å²) in [5.41, 5.74) is -0.173. The van der Waals surface area contributed by atoms with Crippen molar-refractivity contribution in [1.29, 1.82) is 0 Å². The Labute approximate surface area is 142 Å². The van der Waals surface area contributed by atoms with Crippen LogP contribution in [-0.4, -0.2) is 14.7 Å². The molecule has 0 saturated carbocycles. The van der Waals surface area contributed by atoms with Gasteiger partial charge >= 0.3 is 59.1 Å². The van der Waals surface area contributed by atoms with E-state index >= 15 is 0 Å². The number of benzene rings is 1. The molecule has 0 aliphatic rings. The molecular formula is C7H3BrNa2O4S. The molecule has 4 nitrogen and oxygen atoms in total. The normalized spacial score (nSPS) is 10.8. The van der Waals surface area contributed by atoms with Gasteiger partial charge < -0.3 is 14.5 Å². The van der Waals surface area contributed by atoms with Crippen LogP contribution in [0.5, 0.6) is 0 Å². The van der Waals surface area contributed by atoms with Crippen LogP contribution in [0.4, 0.5) is 0 Å². The van der Waals surface area contributed by atoms with Crippen molar-refractivity contribution in [3.63, 3.8) is 0 Å². The average Bonchev–Trinajstić information content (AvgIpc) is 2.03. The number of carbonyl (C=O) groups is 1. The molecule has 0 amide bonds. The molecule has 1 aromatic carbocycles. The summed E-state index contributed by atoms with van der Waals surface area (Å²) in [6.45, 7) is 0.